The van der Waals surface area contributed by atoms with E-state index in [1.54, 1.807) is 24.5 Å². The molecule has 0 fully saturated rings. The van der Waals surface area contributed by atoms with Crippen LogP contribution in [-0.2, 0) is 4.79 Å². The van der Waals surface area contributed by atoms with Gasteiger partial charge < -0.3 is 9.73 Å². The maximum absolute atomic E-state index is 11.7. The third-order valence-electron chi connectivity index (χ3n) is 2.79. The van der Waals surface area contributed by atoms with Crippen LogP contribution in [0.4, 0.5) is 5.69 Å². The van der Waals surface area contributed by atoms with Crippen LogP contribution >= 0.6 is 0 Å². The lowest BCUT2D eigenvalue weighted by Crippen LogP contribution is -2.07. The van der Waals surface area contributed by atoms with Gasteiger partial charge in [-0.25, -0.2) is 0 Å². The van der Waals surface area contributed by atoms with Crippen molar-refractivity contribution in [1.29, 1.82) is 0 Å². The second kappa shape index (κ2) is 6.05. The van der Waals surface area contributed by atoms with Gasteiger partial charge in [0, 0.05) is 11.8 Å². The number of carbonyl (C=O) groups excluding carboxylic acids is 1. The van der Waals surface area contributed by atoms with Crippen molar-refractivity contribution in [3.8, 4) is 0 Å². The molecule has 2 aromatic rings. The Kier molecular flexibility index (Phi) is 4.18. The molecule has 1 N–H and O–H groups in total. The van der Waals surface area contributed by atoms with Crippen molar-refractivity contribution >= 4 is 17.7 Å². The zero-order valence-corrected chi connectivity index (χ0v) is 11.1. The van der Waals surface area contributed by atoms with E-state index in [2.05, 4.69) is 19.2 Å². The van der Waals surface area contributed by atoms with Gasteiger partial charge in [0.05, 0.1) is 6.26 Å². The minimum Gasteiger partial charge on any atom is -0.465 e. The van der Waals surface area contributed by atoms with Gasteiger partial charge in [0.2, 0.25) is 5.91 Å². The second-order valence-corrected chi connectivity index (χ2v) is 4.61. The van der Waals surface area contributed by atoms with Crippen molar-refractivity contribution in [3.63, 3.8) is 0 Å². The van der Waals surface area contributed by atoms with Crippen LogP contribution in [0.2, 0.25) is 0 Å². The van der Waals surface area contributed by atoms with Crippen molar-refractivity contribution < 1.29 is 9.21 Å². The molecule has 0 saturated heterocycles. The van der Waals surface area contributed by atoms with Crippen LogP contribution in [0.15, 0.2) is 53.2 Å². The summed E-state index contributed by atoms with van der Waals surface area (Å²) < 4.78 is 5.11. The van der Waals surface area contributed by atoms with Crippen molar-refractivity contribution in [1.82, 2.24) is 0 Å². The fourth-order valence-electron chi connectivity index (χ4n) is 1.68. The molecule has 0 aliphatic heterocycles. The zero-order valence-electron chi connectivity index (χ0n) is 11.1. The summed E-state index contributed by atoms with van der Waals surface area (Å²) in [5, 5.41) is 2.80. The molecule has 0 unspecified atom stereocenters. The average molecular weight is 255 g/mol. The number of nitrogens with one attached hydrogen (secondary N) is 1. The Morgan fingerprint density at radius 1 is 1.21 bits per heavy atom. The van der Waals surface area contributed by atoms with Crippen molar-refractivity contribution in [3.05, 3.63) is 60.1 Å². The van der Waals surface area contributed by atoms with E-state index in [1.807, 2.05) is 24.3 Å². The molecule has 0 aliphatic rings. The number of hydrogen-bond acceptors (Lipinski definition) is 2. The lowest BCUT2D eigenvalue weighted by atomic mass is 10.0. The van der Waals surface area contributed by atoms with E-state index in [-0.39, 0.29) is 5.91 Å². The maximum Gasteiger partial charge on any atom is 0.248 e. The Hall–Kier alpha value is -2.29. The van der Waals surface area contributed by atoms with Crippen LogP contribution in [0.3, 0.4) is 0 Å². The number of anilines is 1. The number of amides is 1. The summed E-state index contributed by atoms with van der Waals surface area (Å²) in [6, 6.07) is 11.4. The van der Waals surface area contributed by atoms with Crippen molar-refractivity contribution in [2.24, 2.45) is 0 Å². The molecule has 0 radical (unpaired) electrons. The summed E-state index contributed by atoms with van der Waals surface area (Å²) in [5.74, 6) is 0.975. The normalized spacial score (nSPS) is 11.1. The van der Waals surface area contributed by atoms with E-state index in [0.717, 1.165) is 5.69 Å². The first-order valence-corrected chi connectivity index (χ1v) is 6.27. The van der Waals surface area contributed by atoms with Crippen LogP contribution in [0, 0.1) is 0 Å². The van der Waals surface area contributed by atoms with Gasteiger partial charge in [0.1, 0.15) is 5.76 Å². The van der Waals surface area contributed by atoms with Gasteiger partial charge >= 0.3 is 0 Å². The molecule has 2 rings (SSSR count). The number of hydrogen-bond donors (Lipinski definition) is 1. The fraction of sp³-hybridized carbons (Fsp3) is 0.188. The predicted octanol–water partition coefficient (Wildman–Crippen LogP) is 4.05. The lowest BCUT2D eigenvalue weighted by Gasteiger charge is -2.07. The Balaban J connectivity index is 1.95. The third-order valence-corrected chi connectivity index (χ3v) is 2.79. The van der Waals surface area contributed by atoms with Crippen molar-refractivity contribution in [2.45, 2.75) is 19.8 Å². The minimum absolute atomic E-state index is 0.173. The van der Waals surface area contributed by atoms with Crippen LogP contribution in [-0.4, -0.2) is 5.91 Å². The highest BCUT2D eigenvalue weighted by Gasteiger charge is 2.01. The molecular weight excluding hydrogens is 238 g/mol. The predicted molar refractivity (Wildman–Crippen MR) is 76.9 cm³/mol. The number of carbonyl (C=O) groups is 1. The molecule has 1 amide bonds. The van der Waals surface area contributed by atoms with Crippen LogP contribution in [0.25, 0.3) is 6.08 Å². The summed E-state index contributed by atoms with van der Waals surface area (Å²) in [5.41, 5.74) is 2.04. The standard InChI is InChI=1S/C16H17NO2/c1-12(2)13-5-7-14(8-6-13)17-16(18)10-9-15-4-3-11-19-15/h3-12H,1-2H3,(H,17,18)/b10-9-. The van der Waals surface area contributed by atoms with E-state index < -0.39 is 0 Å². The monoisotopic (exact) mass is 255 g/mol. The van der Waals surface area contributed by atoms with E-state index in [9.17, 15) is 4.79 Å². The molecule has 3 heteroatoms. The van der Waals surface area contributed by atoms with Crippen LogP contribution in [0.5, 0.6) is 0 Å². The first kappa shape index (κ1) is 13.1. The topological polar surface area (TPSA) is 42.2 Å². The Morgan fingerprint density at radius 2 is 1.95 bits per heavy atom. The highest BCUT2D eigenvalue weighted by molar-refractivity contribution is 6.01. The summed E-state index contributed by atoms with van der Waals surface area (Å²) in [4.78, 5) is 11.7. The number of rotatable bonds is 4. The molecule has 0 aliphatic carbocycles. The van der Waals surface area contributed by atoms with Crippen LogP contribution < -0.4 is 5.32 Å². The molecule has 0 saturated carbocycles. The largest absolute Gasteiger partial charge is 0.465 e. The molecule has 0 atom stereocenters. The quantitative estimate of drug-likeness (QED) is 0.837. The molecule has 1 aromatic carbocycles. The second-order valence-electron chi connectivity index (χ2n) is 4.61. The minimum atomic E-state index is -0.173. The van der Waals surface area contributed by atoms with E-state index in [1.165, 1.54) is 11.6 Å². The molecule has 98 valence electrons. The van der Waals surface area contributed by atoms with Gasteiger partial charge in [-0.2, -0.15) is 0 Å². The van der Waals surface area contributed by atoms with Gasteiger partial charge in [-0.05, 0) is 41.8 Å². The molecule has 19 heavy (non-hydrogen) atoms. The summed E-state index contributed by atoms with van der Waals surface area (Å²) >= 11 is 0. The van der Waals surface area contributed by atoms with Gasteiger partial charge in [-0.1, -0.05) is 26.0 Å². The summed E-state index contributed by atoms with van der Waals surface area (Å²) in [6.07, 6.45) is 4.66. The number of benzene rings is 1. The zero-order chi connectivity index (χ0) is 13.7. The molecule has 1 heterocycles. The highest BCUT2D eigenvalue weighted by atomic mass is 16.3. The molecule has 0 spiro atoms. The Morgan fingerprint density at radius 3 is 2.53 bits per heavy atom. The first-order chi connectivity index (χ1) is 9.15. The van der Waals surface area contributed by atoms with Gasteiger partial charge in [0.15, 0.2) is 0 Å². The first-order valence-electron chi connectivity index (χ1n) is 6.27. The SMILES string of the molecule is CC(C)c1ccc(NC(=O)/C=C\c2ccco2)cc1. The lowest BCUT2D eigenvalue weighted by molar-refractivity contribution is -0.111. The van der Waals surface area contributed by atoms with Crippen LogP contribution in [0.1, 0.15) is 31.1 Å². The average Bonchev–Trinajstić information content (AvgIpc) is 2.90. The smallest absolute Gasteiger partial charge is 0.248 e. The highest BCUT2D eigenvalue weighted by Crippen LogP contribution is 2.17. The fourth-order valence-corrected chi connectivity index (χ4v) is 1.68. The Labute approximate surface area is 112 Å². The maximum atomic E-state index is 11.7. The third kappa shape index (κ3) is 3.85. The van der Waals surface area contributed by atoms with E-state index in [0.29, 0.717) is 11.7 Å². The van der Waals surface area contributed by atoms with Crippen molar-refractivity contribution in [2.75, 3.05) is 5.32 Å². The summed E-state index contributed by atoms with van der Waals surface area (Å²) in [7, 11) is 0. The van der Waals surface area contributed by atoms with E-state index in [4.69, 9.17) is 4.42 Å². The number of furan rings is 1. The van der Waals surface area contributed by atoms with Gasteiger partial charge in [-0.15, -0.1) is 0 Å². The van der Waals surface area contributed by atoms with E-state index >= 15 is 0 Å². The summed E-state index contributed by atoms with van der Waals surface area (Å²) in [6.45, 7) is 4.28. The molecule has 0 bridgehead atoms. The van der Waals surface area contributed by atoms with Gasteiger partial charge in [0.25, 0.3) is 0 Å². The molecule has 3 nitrogen and oxygen atoms in total. The Bertz CT molecular complexity index is 551. The molecule has 1 aromatic heterocycles. The molecular formula is C16H17NO2. The van der Waals surface area contributed by atoms with Gasteiger partial charge in [-0.3, -0.25) is 4.79 Å².